The van der Waals surface area contributed by atoms with E-state index in [0.29, 0.717) is 25.9 Å². The molecule has 2 amide bonds. The number of ether oxygens (including phenoxy) is 1. The third-order valence-corrected chi connectivity index (χ3v) is 7.28. The Labute approximate surface area is 206 Å². The van der Waals surface area contributed by atoms with Crippen LogP contribution < -0.4 is 5.32 Å². The minimum Gasteiger partial charge on any atom is -0.481 e. The summed E-state index contributed by atoms with van der Waals surface area (Å²) >= 11 is 0. The average Bonchev–Trinajstić information content (AvgIpc) is 3.16. The smallest absolute Gasteiger partial charge is 0.407 e. The van der Waals surface area contributed by atoms with Crippen LogP contribution in [0, 0.1) is 11.8 Å². The van der Waals surface area contributed by atoms with Gasteiger partial charge in [0.05, 0.1) is 0 Å². The second-order valence-corrected chi connectivity index (χ2v) is 9.95. The number of nitrogens with one attached hydrogen (secondary N) is 1. The largest absolute Gasteiger partial charge is 0.481 e. The number of hydrogen-bond acceptors (Lipinski definition) is 4. The van der Waals surface area contributed by atoms with Crippen molar-refractivity contribution < 1.29 is 24.2 Å². The molecule has 1 saturated heterocycles. The van der Waals surface area contributed by atoms with E-state index in [9.17, 15) is 14.4 Å². The number of carboxylic acid groups (broad SMARTS) is 1. The Morgan fingerprint density at radius 3 is 2.11 bits per heavy atom. The van der Waals surface area contributed by atoms with E-state index >= 15 is 0 Å². The number of alkyl carbamates (subject to hydrolysis) is 1. The van der Waals surface area contributed by atoms with Crippen LogP contribution in [0.2, 0.25) is 0 Å². The number of benzene rings is 2. The first-order valence-electron chi connectivity index (χ1n) is 12.4. The zero-order valence-electron chi connectivity index (χ0n) is 20.4. The first-order chi connectivity index (χ1) is 16.8. The quantitative estimate of drug-likeness (QED) is 0.576. The molecule has 186 valence electrons. The fraction of sp³-hybridized carbons (Fsp3) is 0.464. The number of fused-ring (bicyclic) bond motifs is 3. The molecule has 7 heteroatoms. The molecule has 0 saturated carbocycles. The van der Waals surface area contributed by atoms with Gasteiger partial charge in [-0.3, -0.25) is 9.59 Å². The molecule has 0 radical (unpaired) electrons. The highest BCUT2D eigenvalue weighted by Gasteiger charge is 2.30. The summed E-state index contributed by atoms with van der Waals surface area (Å²) in [7, 11) is 0. The van der Waals surface area contributed by atoms with Crippen LogP contribution in [0.4, 0.5) is 4.79 Å². The van der Waals surface area contributed by atoms with Crippen LogP contribution in [0.5, 0.6) is 0 Å². The predicted octanol–water partition coefficient (Wildman–Crippen LogP) is 4.65. The van der Waals surface area contributed by atoms with Gasteiger partial charge in [0.1, 0.15) is 6.61 Å². The zero-order chi connectivity index (χ0) is 24.9. The lowest BCUT2D eigenvalue weighted by atomic mass is 9.93. The van der Waals surface area contributed by atoms with E-state index in [-0.39, 0.29) is 49.2 Å². The van der Waals surface area contributed by atoms with Gasteiger partial charge in [0.15, 0.2) is 0 Å². The molecule has 0 bridgehead atoms. The van der Waals surface area contributed by atoms with Crippen molar-refractivity contribution >= 4 is 18.0 Å². The van der Waals surface area contributed by atoms with Gasteiger partial charge in [-0.05, 0) is 46.9 Å². The minimum atomic E-state index is -0.790. The Hall–Kier alpha value is -3.35. The fourth-order valence-corrected chi connectivity index (χ4v) is 5.20. The Morgan fingerprint density at radius 2 is 1.57 bits per heavy atom. The summed E-state index contributed by atoms with van der Waals surface area (Å²) in [6, 6.07) is 16.1. The summed E-state index contributed by atoms with van der Waals surface area (Å²) in [6.45, 7) is 5.30. The number of amides is 2. The van der Waals surface area contributed by atoms with Crippen LogP contribution in [0.25, 0.3) is 11.1 Å². The van der Waals surface area contributed by atoms with Crippen molar-refractivity contribution in [3.63, 3.8) is 0 Å². The maximum Gasteiger partial charge on any atom is 0.407 e. The second-order valence-electron chi connectivity index (χ2n) is 9.95. The van der Waals surface area contributed by atoms with Gasteiger partial charge in [-0.2, -0.15) is 0 Å². The number of piperidine rings is 1. The zero-order valence-corrected chi connectivity index (χ0v) is 20.4. The molecule has 2 aromatic rings. The van der Waals surface area contributed by atoms with Gasteiger partial charge in [0.25, 0.3) is 0 Å². The van der Waals surface area contributed by atoms with Crippen LogP contribution in [-0.4, -0.2) is 53.7 Å². The highest BCUT2D eigenvalue weighted by atomic mass is 16.5. The van der Waals surface area contributed by atoms with Crippen molar-refractivity contribution in [2.24, 2.45) is 11.8 Å². The second kappa shape index (κ2) is 10.9. The maximum absolute atomic E-state index is 12.9. The maximum atomic E-state index is 12.9. The van der Waals surface area contributed by atoms with E-state index < -0.39 is 12.1 Å². The lowest BCUT2D eigenvalue weighted by Gasteiger charge is -2.33. The van der Waals surface area contributed by atoms with Gasteiger partial charge in [-0.25, -0.2) is 4.79 Å². The summed E-state index contributed by atoms with van der Waals surface area (Å²) in [6.07, 6.45) is 1.23. The molecule has 1 atom stereocenters. The molecule has 35 heavy (non-hydrogen) atoms. The SMILES string of the molecule is CC(C)C(CC(=O)N1CCC(CC(=O)O)CC1)NC(=O)OCC1c2ccccc2-c2ccccc21. The van der Waals surface area contributed by atoms with Gasteiger partial charge >= 0.3 is 12.1 Å². The molecule has 2 aromatic carbocycles. The van der Waals surface area contributed by atoms with Crippen molar-refractivity contribution in [2.75, 3.05) is 19.7 Å². The number of nitrogens with zero attached hydrogens (tertiary/aromatic N) is 1. The Morgan fingerprint density at radius 1 is 1.00 bits per heavy atom. The molecule has 1 heterocycles. The molecule has 4 rings (SSSR count). The number of hydrogen-bond donors (Lipinski definition) is 2. The summed E-state index contributed by atoms with van der Waals surface area (Å²) in [5.74, 6) is -0.641. The van der Waals surface area contributed by atoms with E-state index in [1.165, 1.54) is 11.1 Å². The van der Waals surface area contributed by atoms with Crippen LogP contribution in [0.3, 0.4) is 0 Å². The van der Waals surface area contributed by atoms with Crippen LogP contribution in [-0.2, 0) is 14.3 Å². The normalized spacial score (nSPS) is 16.5. The number of aliphatic carboxylic acids is 1. The third kappa shape index (κ3) is 5.84. The number of likely N-dealkylation sites (tertiary alicyclic amines) is 1. The Bertz CT molecular complexity index is 1030. The van der Waals surface area contributed by atoms with Crippen molar-refractivity contribution in [1.82, 2.24) is 10.2 Å². The number of carboxylic acids is 1. The number of carbonyl (C=O) groups is 3. The van der Waals surface area contributed by atoms with E-state index in [1.807, 2.05) is 38.1 Å². The van der Waals surface area contributed by atoms with E-state index in [0.717, 1.165) is 11.1 Å². The van der Waals surface area contributed by atoms with Crippen molar-refractivity contribution in [1.29, 1.82) is 0 Å². The highest BCUT2D eigenvalue weighted by Crippen LogP contribution is 2.44. The molecule has 1 fully saturated rings. The summed E-state index contributed by atoms with van der Waals surface area (Å²) in [5.41, 5.74) is 4.66. The fourth-order valence-electron chi connectivity index (χ4n) is 5.20. The first-order valence-corrected chi connectivity index (χ1v) is 12.4. The minimum absolute atomic E-state index is 0.0145. The summed E-state index contributed by atoms with van der Waals surface area (Å²) in [5, 5.41) is 11.9. The number of rotatable bonds is 8. The average molecular weight is 479 g/mol. The third-order valence-electron chi connectivity index (χ3n) is 7.28. The molecule has 1 aliphatic heterocycles. The van der Waals surface area contributed by atoms with Gasteiger partial charge in [0, 0.05) is 37.9 Å². The lowest BCUT2D eigenvalue weighted by molar-refractivity contribution is -0.138. The molecule has 2 aliphatic rings. The molecule has 7 nitrogen and oxygen atoms in total. The van der Waals surface area contributed by atoms with E-state index in [4.69, 9.17) is 9.84 Å². The molecule has 2 N–H and O–H groups in total. The molecular weight excluding hydrogens is 444 g/mol. The molecule has 1 aliphatic carbocycles. The van der Waals surface area contributed by atoms with E-state index in [2.05, 4.69) is 29.6 Å². The van der Waals surface area contributed by atoms with Crippen LogP contribution in [0.1, 0.15) is 56.6 Å². The van der Waals surface area contributed by atoms with Gasteiger partial charge in [-0.1, -0.05) is 62.4 Å². The standard InChI is InChI=1S/C28H34N2O5/c1-18(2)25(16-26(31)30-13-11-19(12-14-30)15-27(32)33)29-28(34)35-17-24-22-9-5-3-7-20(22)21-8-4-6-10-23(21)24/h3-10,18-19,24-25H,11-17H2,1-2H3,(H,29,34)(H,32,33). The van der Waals surface area contributed by atoms with Crippen molar-refractivity contribution in [3.05, 3.63) is 59.7 Å². The van der Waals surface area contributed by atoms with Crippen LogP contribution in [0.15, 0.2) is 48.5 Å². The molecule has 1 unspecified atom stereocenters. The van der Waals surface area contributed by atoms with Crippen LogP contribution >= 0.6 is 0 Å². The molecular formula is C28H34N2O5. The van der Waals surface area contributed by atoms with Gasteiger partial charge in [-0.15, -0.1) is 0 Å². The highest BCUT2D eigenvalue weighted by molar-refractivity contribution is 5.80. The topological polar surface area (TPSA) is 95.9 Å². The first kappa shape index (κ1) is 24.8. The summed E-state index contributed by atoms with van der Waals surface area (Å²) in [4.78, 5) is 38.3. The molecule has 0 aromatic heterocycles. The monoisotopic (exact) mass is 478 g/mol. The van der Waals surface area contributed by atoms with Gasteiger partial charge < -0.3 is 20.1 Å². The molecule has 0 spiro atoms. The van der Waals surface area contributed by atoms with Gasteiger partial charge in [0.2, 0.25) is 5.91 Å². The number of carbonyl (C=O) groups excluding carboxylic acids is 2. The Kier molecular flexibility index (Phi) is 7.73. The van der Waals surface area contributed by atoms with Crippen molar-refractivity contribution in [3.8, 4) is 11.1 Å². The Balaban J connectivity index is 1.31. The van der Waals surface area contributed by atoms with E-state index in [1.54, 1.807) is 4.90 Å². The predicted molar refractivity (Wildman–Crippen MR) is 133 cm³/mol. The summed E-state index contributed by atoms with van der Waals surface area (Å²) < 4.78 is 5.67. The van der Waals surface area contributed by atoms with Crippen molar-refractivity contribution in [2.45, 2.75) is 51.5 Å². The lowest BCUT2D eigenvalue weighted by Crippen LogP contribution is -2.45.